The van der Waals surface area contributed by atoms with E-state index in [-0.39, 0.29) is 17.6 Å². The molecule has 5 fully saturated rings. The summed E-state index contributed by atoms with van der Waals surface area (Å²) in [6, 6.07) is 1.60. The maximum atomic E-state index is 13.1. The second-order valence-corrected chi connectivity index (χ2v) is 10.3. The summed E-state index contributed by atoms with van der Waals surface area (Å²) in [5.74, 6) is 1.07. The molecule has 6 atom stereocenters. The molecule has 5 rings (SSSR count). The molecule has 0 aromatic heterocycles. The zero-order valence-electron chi connectivity index (χ0n) is 15.4. The molecule has 0 aromatic carbocycles. The van der Waals surface area contributed by atoms with Crippen LogP contribution >= 0.6 is 11.8 Å². The molecule has 0 radical (unpaired) electrons. The number of rotatable bonds is 3. The topological polar surface area (TPSA) is 76.6 Å². The van der Waals surface area contributed by atoms with E-state index in [1.165, 1.54) is 25.7 Å². The summed E-state index contributed by atoms with van der Waals surface area (Å²) in [7, 11) is 0. The van der Waals surface area contributed by atoms with E-state index in [0.717, 1.165) is 44.7 Å². The second-order valence-electron chi connectivity index (χ2n) is 9.00. The van der Waals surface area contributed by atoms with Crippen LogP contribution in [0.3, 0.4) is 0 Å². The van der Waals surface area contributed by atoms with Crippen LogP contribution in [0.5, 0.6) is 0 Å². The van der Waals surface area contributed by atoms with Crippen LogP contribution < -0.4 is 16.0 Å². The van der Waals surface area contributed by atoms with E-state index in [1.54, 1.807) is 0 Å². The third-order valence-corrected chi connectivity index (χ3v) is 8.58. The van der Waals surface area contributed by atoms with Crippen LogP contribution in [0.2, 0.25) is 0 Å². The number of amides is 1. The van der Waals surface area contributed by atoms with Gasteiger partial charge in [-0.15, -0.1) is 11.8 Å². The number of fused-ring (bicyclic) bond motifs is 2. The van der Waals surface area contributed by atoms with Crippen LogP contribution in [0.4, 0.5) is 0 Å². The average Bonchev–Trinajstić information content (AvgIpc) is 3.22. The molecule has 7 heteroatoms. The second kappa shape index (κ2) is 7.24. The van der Waals surface area contributed by atoms with Gasteiger partial charge >= 0.3 is 0 Å². The van der Waals surface area contributed by atoms with Crippen molar-refractivity contribution in [2.75, 3.05) is 13.1 Å². The first-order chi connectivity index (χ1) is 12.7. The molecule has 6 unspecified atom stereocenters. The Morgan fingerprint density at radius 3 is 2.73 bits per heavy atom. The van der Waals surface area contributed by atoms with Crippen molar-refractivity contribution in [3.63, 3.8) is 0 Å². The van der Waals surface area contributed by atoms with E-state index in [9.17, 15) is 9.90 Å². The summed E-state index contributed by atoms with van der Waals surface area (Å²) in [5, 5.41) is 20.9. The minimum Gasteiger partial charge on any atom is -0.393 e. The van der Waals surface area contributed by atoms with Crippen molar-refractivity contribution in [1.29, 1.82) is 0 Å². The van der Waals surface area contributed by atoms with E-state index >= 15 is 0 Å². The number of carbonyl (C=O) groups is 1. The fraction of sp³-hybridized carbons (Fsp3) is 0.947. The van der Waals surface area contributed by atoms with E-state index in [2.05, 4.69) is 20.9 Å². The number of piperidine rings is 1. The van der Waals surface area contributed by atoms with Gasteiger partial charge in [0.15, 0.2) is 0 Å². The molecule has 2 saturated carbocycles. The monoisotopic (exact) mass is 380 g/mol. The van der Waals surface area contributed by atoms with Crippen molar-refractivity contribution in [1.82, 2.24) is 20.9 Å². The Morgan fingerprint density at radius 2 is 1.92 bits per heavy atom. The highest BCUT2D eigenvalue weighted by atomic mass is 32.2. The molecule has 3 aliphatic heterocycles. The number of hydrogen-bond donors (Lipinski definition) is 4. The summed E-state index contributed by atoms with van der Waals surface area (Å²) in [5.41, 5.74) is 0.269. The van der Waals surface area contributed by atoms with Gasteiger partial charge in [-0.2, -0.15) is 0 Å². The van der Waals surface area contributed by atoms with Gasteiger partial charge in [-0.05, 0) is 44.4 Å². The lowest BCUT2D eigenvalue weighted by Gasteiger charge is -2.35. The first-order valence-electron chi connectivity index (χ1n) is 10.6. The lowest BCUT2D eigenvalue weighted by Crippen LogP contribution is -2.55. The van der Waals surface area contributed by atoms with Crippen LogP contribution in [-0.4, -0.2) is 70.0 Å². The van der Waals surface area contributed by atoms with Crippen molar-refractivity contribution >= 4 is 17.7 Å². The lowest BCUT2D eigenvalue weighted by molar-refractivity contribution is -0.134. The highest BCUT2D eigenvalue weighted by Crippen LogP contribution is 2.36. The molecule has 0 spiro atoms. The number of carbonyl (C=O) groups excluding carboxylic acids is 1. The Balaban J connectivity index is 1.14. The summed E-state index contributed by atoms with van der Waals surface area (Å²) in [6.07, 6.45) is 8.93. The molecule has 5 aliphatic rings. The van der Waals surface area contributed by atoms with Gasteiger partial charge in [0, 0.05) is 36.5 Å². The summed E-state index contributed by atoms with van der Waals surface area (Å²) in [4.78, 5) is 15.2. The van der Waals surface area contributed by atoms with E-state index in [1.807, 2.05) is 11.8 Å². The smallest absolute Gasteiger partial charge is 0.239 e. The largest absolute Gasteiger partial charge is 0.393 e. The molecule has 2 aliphatic carbocycles. The highest BCUT2D eigenvalue weighted by Gasteiger charge is 2.44. The first-order valence-corrected chi connectivity index (χ1v) is 11.5. The van der Waals surface area contributed by atoms with Crippen molar-refractivity contribution in [2.45, 2.75) is 92.4 Å². The van der Waals surface area contributed by atoms with Crippen molar-refractivity contribution in [3.8, 4) is 0 Å². The van der Waals surface area contributed by atoms with Crippen LogP contribution in [-0.2, 0) is 4.79 Å². The molecule has 3 heterocycles. The molecular formula is C19H32N4O2S. The number of nitrogens with zero attached hydrogens (tertiary/aromatic N) is 1. The Hall–Kier alpha value is -0.340. The molecule has 1 amide bonds. The van der Waals surface area contributed by atoms with Gasteiger partial charge in [0.05, 0.1) is 12.1 Å². The standard InChI is InChI=1S/C19H32N4O2S/c24-13-8-12(9-13)20-19-22-15-5-6-23(10-17(15)26-19)18(25)16-7-11-3-1-2-4-14(11)21-16/h11-17,19-22,24H,1-10H2. The molecule has 0 bridgehead atoms. The molecule has 146 valence electrons. The number of aliphatic hydroxyl groups excluding tert-OH is 1. The van der Waals surface area contributed by atoms with Crippen molar-refractivity contribution < 1.29 is 9.90 Å². The minimum atomic E-state index is -0.114. The Labute approximate surface area is 160 Å². The Morgan fingerprint density at radius 1 is 1.08 bits per heavy atom. The lowest BCUT2D eigenvalue weighted by atomic mass is 9.85. The van der Waals surface area contributed by atoms with Crippen molar-refractivity contribution in [3.05, 3.63) is 0 Å². The zero-order chi connectivity index (χ0) is 17.7. The Bertz CT molecular complexity index is 530. The fourth-order valence-electron chi connectivity index (χ4n) is 5.61. The number of hydrogen-bond acceptors (Lipinski definition) is 6. The third-order valence-electron chi connectivity index (χ3n) is 7.21. The molecule has 4 N–H and O–H groups in total. The van der Waals surface area contributed by atoms with Crippen LogP contribution in [0.25, 0.3) is 0 Å². The molecule has 0 aromatic rings. The summed E-state index contributed by atoms with van der Waals surface area (Å²) >= 11 is 1.94. The van der Waals surface area contributed by atoms with Crippen LogP contribution in [0, 0.1) is 5.92 Å². The maximum Gasteiger partial charge on any atom is 0.239 e. The summed E-state index contributed by atoms with van der Waals surface area (Å²) < 4.78 is 0. The molecule has 6 nitrogen and oxygen atoms in total. The third kappa shape index (κ3) is 3.41. The predicted octanol–water partition coefficient (Wildman–Crippen LogP) is 0.610. The van der Waals surface area contributed by atoms with Gasteiger partial charge in [0.1, 0.15) is 5.50 Å². The van der Waals surface area contributed by atoms with Gasteiger partial charge < -0.3 is 15.3 Å². The van der Waals surface area contributed by atoms with Gasteiger partial charge in [0.25, 0.3) is 0 Å². The number of likely N-dealkylation sites (tertiary alicyclic amines) is 1. The molecular weight excluding hydrogens is 348 g/mol. The van der Waals surface area contributed by atoms with Crippen molar-refractivity contribution in [2.24, 2.45) is 5.92 Å². The maximum absolute atomic E-state index is 13.1. The predicted molar refractivity (Wildman–Crippen MR) is 103 cm³/mol. The van der Waals surface area contributed by atoms with E-state index in [4.69, 9.17) is 0 Å². The SMILES string of the molecule is O=C(C1CC2CCCCC2N1)N1CCC2NC(NC3CC(O)C3)SC2C1. The average molecular weight is 381 g/mol. The van der Waals surface area contributed by atoms with E-state index in [0.29, 0.717) is 29.3 Å². The summed E-state index contributed by atoms with van der Waals surface area (Å²) in [6.45, 7) is 1.76. The Kier molecular flexibility index (Phi) is 4.94. The van der Waals surface area contributed by atoms with E-state index < -0.39 is 0 Å². The molecule has 26 heavy (non-hydrogen) atoms. The highest BCUT2D eigenvalue weighted by molar-refractivity contribution is 8.00. The van der Waals surface area contributed by atoms with Gasteiger partial charge in [-0.1, -0.05) is 12.8 Å². The quantitative estimate of drug-likeness (QED) is 0.575. The number of nitrogens with one attached hydrogen (secondary N) is 3. The van der Waals surface area contributed by atoms with Crippen LogP contribution in [0.15, 0.2) is 0 Å². The van der Waals surface area contributed by atoms with Gasteiger partial charge in [-0.25, -0.2) is 0 Å². The zero-order valence-corrected chi connectivity index (χ0v) is 16.2. The fourth-order valence-corrected chi connectivity index (χ4v) is 7.15. The first kappa shape index (κ1) is 17.7. The molecule has 3 saturated heterocycles. The number of aliphatic hydroxyl groups is 1. The van der Waals surface area contributed by atoms with Crippen LogP contribution in [0.1, 0.15) is 51.4 Å². The normalized spacial score (nSPS) is 48.0. The number of thioether (sulfide) groups is 1. The minimum absolute atomic E-state index is 0.0596. The van der Waals surface area contributed by atoms with Gasteiger partial charge in [0.2, 0.25) is 5.91 Å². The van der Waals surface area contributed by atoms with Gasteiger partial charge in [-0.3, -0.25) is 15.4 Å².